The molecule has 1 aromatic heterocycles. The first kappa shape index (κ1) is 15.0. The third kappa shape index (κ3) is 4.91. The maximum Gasteiger partial charge on any atom is 0.223 e. The Balaban J connectivity index is 1.93. The van der Waals surface area contributed by atoms with E-state index in [0.717, 1.165) is 12.5 Å². The lowest BCUT2D eigenvalue weighted by atomic mass is 10.1. The predicted octanol–water partition coefficient (Wildman–Crippen LogP) is 1.94. The molecular weight excluding hydrogens is 266 g/mol. The lowest BCUT2D eigenvalue weighted by Gasteiger charge is -2.09. The summed E-state index contributed by atoms with van der Waals surface area (Å²) in [6.07, 6.45) is 0. The number of guanidine groups is 1. The van der Waals surface area contributed by atoms with Crippen molar-refractivity contribution in [3.8, 4) is 0 Å². The smallest absolute Gasteiger partial charge is 0.223 e. The van der Waals surface area contributed by atoms with Gasteiger partial charge in [-0.25, -0.2) is 4.99 Å². The van der Waals surface area contributed by atoms with Crippen LogP contribution in [0, 0.1) is 13.8 Å². The Hall–Kier alpha value is -2.37. The van der Waals surface area contributed by atoms with Gasteiger partial charge < -0.3 is 15.2 Å². The van der Waals surface area contributed by atoms with Gasteiger partial charge in [0.05, 0.1) is 13.1 Å². The van der Waals surface area contributed by atoms with E-state index in [1.807, 2.05) is 6.92 Å². The summed E-state index contributed by atoms with van der Waals surface area (Å²) in [5, 5.41) is 10.2. The fraction of sp³-hybridized carbons (Fsp3) is 0.400. The third-order valence-electron chi connectivity index (χ3n) is 2.87. The second-order valence-corrected chi connectivity index (χ2v) is 4.76. The van der Waals surface area contributed by atoms with E-state index in [2.05, 4.69) is 57.0 Å². The quantitative estimate of drug-likeness (QED) is 0.649. The molecule has 6 nitrogen and oxygen atoms in total. The number of aromatic nitrogens is 2. The first-order valence-electron chi connectivity index (χ1n) is 7.04. The molecule has 0 saturated carbocycles. The van der Waals surface area contributed by atoms with Crippen molar-refractivity contribution in [1.29, 1.82) is 0 Å². The van der Waals surface area contributed by atoms with Gasteiger partial charge in [0, 0.05) is 13.5 Å². The minimum atomic E-state index is 0.483. The molecule has 2 N–H and O–H groups in total. The lowest BCUT2D eigenvalue weighted by molar-refractivity contribution is 0.387. The summed E-state index contributed by atoms with van der Waals surface area (Å²) in [7, 11) is 0. The second kappa shape index (κ2) is 7.42. The summed E-state index contributed by atoms with van der Waals surface area (Å²) in [6.45, 7) is 7.78. The van der Waals surface area contributed by atoms with Gasteiger partial charge in [-0.05, 0) is 19.4 Å². The fourth-order valence-electron chi connectivity index (χ4n) is 1.78. The van der Waals surface area contributed by atoms with Crippen molar-refractivity contribution in [3.05, 3.63) is 47.1 Å². The molecule has 0 fully saturated rings. The Morgan fingerprint density at radius 3 is 2.57 bits per heavy atom. The minimum Gasteiger partial charge on any atom is -0.357 e. The topological polar surface area (TPSA) is 75.3 Å². The molecule has 0 aliphatic rings. The molecule has 2 rings (SSSR count). The summed E-state index contributed by atoms with van der Waals surface area (Å²) < 4.78 is 4.94. The largest absolute Gasteiger partial charge is 0.357 e. The highest BCUT2D eigenvalue weighted by atomic mass is 16.5. The van der Waals surface area contributed by atoms with Crippen LogP contribution in [0.4, 0.5) is 0 Å². The normalized spacial score (nSPS) is 11.5. The zero-order valence-electron chi connectivity index (χ0n) is 12.7. The van der Waals surface area contributed by atoms with Crippen LogP contribution < -0.4 is 10.6 Å². The monoisotopic (exact) mass is 287 g/mol. The molecule has 0 radical (unpaired) electrons. The van der Waals surface area contributed by atoms with E-state index in [4.69, 9.17) is 4.52 Å². The highest BCUT2D eigenvalue weighted by Crippen LogP contribution is 2.04. The molecule has 0 aliphatic carbocycles. The molecule has 0 bridgehead atoms. The average molecular weight is 287 g/mol. The van der Waals surface area contributed by atoms with Gasteiger partial charge in [0.1, 0.15) is 0 Å². The van der Waals surface area contributed by atoms with Gasteiger partial charge in [0.2, 0.25) is 5.89 Å². The van der Waals surface area contributed by atoms with Gasteiger partial charge in [-0.3, -0.25) is 0 Å². The van der Waals surface area contributed by atoms with E-state index in [9.17, 15) is 0 Å². The van der Waals surface area contributed by atoms with Crippen molar-refractivity contribution in [1.82, 2.24) is 20.8 Å². The summed E-state index contributed by atoms with van der Waals surface area (Å²) in [5.41, 5.74) is 2.42. The molecule has 1 aromatic carbocycles. The molecule has 0 atom stereocenters. The van der Waals surface area contributed by atoms with Crippen molar-refractivity contribution in [2.75, 3.05) is 6.54 Å². The van der Waals surface area contributed by atoms with Gasteiger partial charge in [-0.2, -0.15) is 4.98 Å². The fourth-order valence-corrected chi connectivity index (χ4v) is 1.78. The molecule has 0 amide bonds. The van der Waals surface area contributed by atoms with Crippen molar-refractivity contribution in [2.45, 2.75) is 33.9 Å². The third-order valence-corrected chi connectivity index (χ3v) is 2.87. The summed E-state index contributed by atoms with van der Waals surface area (Å²) in [4.78, 5) is 8.69. The Labute approximate surface area is 124 Å². The van der Waals surface area contributed by atoms with Gasteiger partial charge >= 0.3 is 0 Å². The van der Waals surface area contributed by atoms with Crippen LogP contribution in [0.5, 0.6) is 0 Å². The number of hydrogen-bond donors (Lipinski definition) is 2. The van der Waals surface area contributed by atoms with E-state index < -0.39 is 0 Å². The number of nitrogens with zero attached hydrogens (tertiary/aromatic N) is 3. The summed E-state index contributed by atoms with van der Waals surface area (Å²) in [5.74, 6) is 1.92. The van der Waals surface area contributed by atoms with Crippen LogP contribution in [0.25, 0.3) is 0 Å². The van der Waals surface area contributed by atoms with Crippen LogP contribution in [0.2, 0.25) is 0 Å². The zero-order chi connectivity index (χ0) is 15.1. The average Bonchev–Trinajstić information content (AvgIpc) is 2.89. The minimum absolute atomic E-state index is 0.483. The van der Waals surface area contributed by atoms with Crippen molar-refractivity contribution in [2.24, 2.45) is 4.99 Å². The molecule has 112 valence electrons. The molecule has 0 spiro atoms. The van der Waals surface area contributed by atoms with E-state index in [0.29, 0.717) is 24.8 Å². The molecule has 0 unspecified atom stereocenters. The summed E-state index contributed by atoms with van der Waals surface area (Å²) >= 11 is 0. The molecule has 1 heterocycles. The van der Waals surface area contributed by atoms with Crippen LogP contribution in [0.1, 0.15) is 29.8 Å². The Morgan fingerprint density at radius 1 is 1.19 bits per heavy atom. The molecule has 2 aromatic rings. The van der Waals surface area contributed by atoms with E-state index >= 15 is 0 Å². The van der Waals surface area contributed by atoms with Gasteiger partial charge in [-0.15, -0.1) is 0 Å². The van der Waals surface area contributed by atoms with E-state index in [-0.39, 0.29) is 0 Å². The first-order chi connectivity index (χ1) is 10.2. The molecule has 0 aliphatic heterocycles. The number of nitrogens with one attached hydrogen (secondary N) is 2. The number of aryl methyl sites for hydroxylation is 2. The van der Waals surface area contributed by atoms with Crippen LogP contribution in [-0.4, -0.2) is 22.6 Å². The zero-order valence-corrected chi connectivity index (χ0v) is 12.7. The van der Waals surface area contributed by atoms with E-state index in [1.165, 1.54) is 11.1 Å². The van der Waals surface area contributed by atoms with Gasteiger partial charge in [0.25, 0.3) is 0 Å². The number of benzene rings is 1. The van der Waals surface area contributed by atoms with Crippen molar-refractivity contribution < 1.29 is 4.52 Å². The van der Waals surface area contributed by atoms with Crippen LogP contribution in [-0.2, 0) is 13.1 Å². The Kier molecular flexibility index (Phi) is 5.31. The maximum absolute atomic E-state index is 4.94. The molecule has 0 saturated heterocycles. The molecule has 21 heavy (non-hydrogen) atoms. The summed E-state index contributed by atoms with van der Waals surface area (Å²) in [6, 6.07) is 8.36. The number of hydrogen-bond acceptors (Lipinski definition) is 4. The van der Waals surface area contributed by atoms with Gasteiger partial charge in [0.15, 0.2) is 11.8 Å². The van der Waals surface area contributed by atoms with Crippen LogP contribution in [0.15, 0.2) is 33.8 Å². The highest BCUT2D eigenvalue weighted by molar-refractivity contribution is 5.79. The van der Waals surface area contributed by atoms with E-state index in [1.54, 1.807) is 6.92 Å². The Bertz CT molecular complexity index is 588. The molecular formula is C15H21N5O. The number of rotatable bonds is 5. The SMILES string of the molecule is CCNC(=NCc1ccc(C)cc1)NCc1noc(C)n1. The Morgan fingerprint density at radius 2 is 1.95 bits per heavy atom. The highest BCUT2D eigenvalue weighted by Gasteiger charge is 2.03. The van der Waals surface area contributed by atoms with Gasteiger partial charge in [-0.1, -0.05) is 35.0 Å². The standard InChI is InChI=1S/C15H21N5O/c1-4-16-15(18-10-14-19-12(3)21-20-14)17-9-13-7-5-11(2)6-8-13/h5-8H,4,9-10H2,1-3H3,(H2,16,17,18). The lowest BCUT2D eigenvalue weighted by Crippen LogP contribution is -2.37. The maximum atomic E-state index is 4.94. The number of aliphatic imine (C=N–C) groups is 1. The predicted molar refractivity (Wildman–Crippen MR) is 81.9 cm³/mol. The first-order valence-corrected chi connectivity index (χ1v) is 7.04. The van der Waals surface area contributed by atoms with Crippen molar-refractivity contribution in [3.63, 3.8) is 0 Å². The second-order valence-electron chi connectivity index (χ2n) is 4.76. The van der Waals surface area contributed by atoms with Crippen LogP contribution in [0.3, 0.4) is 0 Å². The van der Waals surface area contributed by atoms with Crippen molar-refractivity contribution >= 4 is 5.96 Å². The molecule has 6 heteroatoms. The van der Waals surface area contributed by atoms with Crippen LogP contribution >= 0.6 is 0 Å².